The van der Waals surface area contributed by atoms with Crippen LogP contribution in [0.3, 0.4) is 0 Å². The number of hydrogen-bond acceptors (Lipinski definition) is 6. The minimum atomic E-state index is -3.68. The molecule has 3 heterocycles. The van der Waals surface area contributed by atoms with E-state index in [1.54, 1.807) is 36.2 Å². The second-order valence-corrected chi connectivity index (χ2v) is 10.9. The lowest BCUT2D eigenvalue weighted by Gasteiger charge is -2.38. The van der Waals surface area contributed by atoms with Crippen molar-refractivity contribution in [3.05, 3.63) is 59.4 Å². The summed E-state index contributed by atoms with van der Waals surface area (Å²) in [6.45, 7) is 3.66. The van der Waals surface area contributed by atoms with Crippen molar-refractivity contribution in [2.24, 2.45) is 0 Å². The van der Waals surface area contributed by atoms with Crippen LogP contribution in [0.15, 0.2) is 53.7 Å². The Morgan fingerprint density at radius 2 is 1.88 bits per heavy atom. The standard InChI is InChI=1S/C24H27ClN4O3S.ClH/c1-17-15-21(7-11-26-17)29-12-8-20(9-13-29)28(2)24(30)10-14-33(31,32)23-6-3-18-16-19(25)4-5-22(18)27-23;/h3-7,11,15-16,20H,8-10,12-14H2,1-2H3;1H. The van der Waals surface area contributed by atoms with Gasteiger partial charge in [-0.3, -0.25) is 9.78 Å². The fourth-order valence-electron chi connectivity index (χ4n) is 4.20. The molecule has 2 aromatic heterocycles. The number of halogens is 2. The molecule has 3 aromatic rings. The van der Waals surface area contributed by atoms with Crippen molar-refractivity contribution in [2.75, 3.05) is 30.8 Å². The molecule has 7 nitrogen and oxygen atoms in total. The van der Waals surface area contributed by atoms with E-state index in [1.165, 1.54) is 6.07 Å². The number of pyridine rings is 2. The number of amides is 1. The Labute approximate surface area is 211 Å². The smallest absolute Gasteiger partial charge is 0.223 e. The highest BCUT2D eigenvalue weighted by Gasteiger charge is 2.27. The summed E-state index contributed by atoms with van der Waals surface area (Å²) >= 11 is 5.98. The zero-order chi connectivity index (χ0) is 23.6. The molecule has 0 radical (unpaired) electrons. The molecule has 0 aliphatic carbocycles. The molecule has 1 saturated heterocycles. The molecular weight excluding hydrogens is 495 g/mol. The van der Waals surface area contributed by atoms with Gasteiger partial charge in [-0.1, -0.05) is 11.6 Å². The van der Waals surface area contributed by atoms with Crippen LogP contribution in [0.2, 0.25) is 5.02 Å². The van der Waals surface area contributed by atoms with Crippen molar-refractivity contribution >= 4 is 56.3 Å². The van der Waals surface area contributed by atoms with Gasteiger partial charge >= 0.3 is 0 Å². The fourth-order valence-corrected chi connectivity index (χ4v) is 5.54. The van der Waals surface area contributed by atoms with Crippen molar-refractivity contribution in [3.8, 4) is 0 Å². The molecule has 0 atom stereocenters. The second kappa shape index (κ2) is 10.9. The van der Waals surface area contributed by atoms with Crippen LogP contribution in [0.5, 0.6) is 0 Å². The molecule has 1 aliphatic heterocycles. The Bertz CT molecular complexity index is 1280. The van der Waals surface area contributed by atoms with Crippen molar-refractivity contribution < 1.29 is 13.2 Å². The van der Waals surface area contributed by atoms with Crippen LogP contribution in [-0.4, -0.2) is 61.1 Å². The van der Waals surface area contributed by atoms with E-state index < -0.39 is 9.84 Å². The molecule has 0 saturated carbocycles. The predicted molar refractivity (Wildman–Crippen MR) is 138 cm³/mol. The monoisotopic (exact) mass is 522 g/mol. The first-order valence-electron chi connectivity index (χ1n) is 11.0. The third-order valence-electron chi connectivity index (χ3n) is 6.18. The number of carbonyl (C=O) groups is 1. The average molecular weight is 523 g/mol. The van der Waals surface area contributed by atoms with Gasteiger partial charge < -0.3 is 9.80 Å². The molecule has 1 aliphatic rings. The molecule has 1 amide bonds. The van der Waals surface area contributed by atoms with Gasteiger partial charge in [0.2, 0.25) is 5.91 Å². The number of nitrogens with zero attached hydrogens (tertiary/aromatic N) is 4. The van der Waals surface area contributed by atoms with Gasteiger partial charge in [0.25, 0.3) is 0 Å². The zero-order valence-electron chi connectivity index (χ0n) is 19.1. The van der Waals surface area contributed by atoms with Crippen LogP contribution >= 0.6 is 24.0 Å². The number of benzene rings is 1. The number of fused-ring (bicyclic) bond motifs is 1. The summed E-state index contributed by atoms with van der Waals surface area (Å²) < 4.78 is 25.6. The maximum Gasteiger partial charge on any atom is 0.223 e. The number of hydrogen-bond donors (Lipinski definition) is 0. The van der Waals surface area contributed by atoms with Crippen molar-refractivity contribution in [1.82, 2.24) is 14.9 Å². The minimum Gasteiger partial charge on any atom is -0.371 e. The van der Waals surface area contributed by atoms with Gasteiger partial charge in [-0.25, -0.2) is 13.4 Å². The van der Waals surface area contributed by atoms with Gasteiger partial charge in [-0.2, -0.15) is 0 Å². The molecule has 1 fully saturated rings. The van der Waals surface area contributed by atoms with Crippen LogP contribution in [0.25, 0.3) is 10.9 Å². The van der Waals surface area contributed by atoms with E-state index in [1.807, 2.05) is 19.2 Å². The number of rotatable bonds is 6. The van der Waals surface area contributed by atoms with Gasteiger partial charge in [0.1, 0.15) is 0 Å². The lowest BCUT2D eigenvalue weighted by atomic mass is 10.0. The number of piperidine rings is 1. The maximum atomic E-state index is 12.8. The third-order valence-corrected chi connectivity index (χ3v) is 8.02. The van der Waals surface area contributed by atoms with E-state index in [0.717, 1.165) is 42.7 Å². The Morgan fingerprint density at radius 1 is 1.15 bits per heavy atom. The quantitative estimate of drug-likeness (QED) is 0.479. The highest BCUT2D eigenvalue weighted by molar-refractivity contribution is 7.91. The lowest BCUT2D eigenvalue weighted by molar-refractivity contribution is -0.131. The lowest BCUT2D eigenvalue weighted by Crippen LogP contribution is -2.46. The SMILES string of the molecule is Cc1cc(N2CCC(N(C)C(=O)CCS(=O)(=O)c3ccc4cc(Cl)ccc4n3)CC2)ccn1.Cl. The highest BCUT2D eigenvalue weighted by atomic mass is 35.5. The predicted octanol–water partition coefficient (Wildman–Crippen LogP) is 4.30. The minimum absolute atomic E-state index is 0. The fraction of sp³-hybridized carbons (Fsp3) is 0.375. The Morgan fingerprint density at radius 3 is 2.59 bits per heavy atom. The highest BCUT2D eigenvalue weighted by Crippen LogP contribution is 2.24. The summed E-state index contributed by atoms with van der Waals surface area (Å²) in [5, 5.41) is 1.31. The molecule has 0 bridgehead atoms. The Balaban J connectivity index is 0.00000324. The molecule has 182 valence electrons. The van der Waals surface area contributed by atoms with E-state index in [9.17, 15) is 13.2 Å². The number of aromatic nitrogens is 2. The first-order chi connectivity index (χ1) is 15.7. The van der Waals surface area contributed by atoms with Gasteiger partial charge in [-0.15, -0.1) is 12.4 Å². The zero-order valence-corrected chi connectivity index (χ0v) is 21.5. The molecule has 10 heteroatoms. The van der Waals surface area contributed by atoms with Crippen LogP contribution in [0, 0.1) is 6.92 Å². The van der Waals surface area contributed by atoms with E-state index in [4.69, 9.17) is 11.6 Å². The summed E-state index contributed by atoms with van der Waals surface area (Å²) in [4.78, 5) is 25.3. The number of aryl methyl sites for hydroxylation is 1. The topological polar surface area (TPSA) is 83.5 Å². The third kappa shape index (κ3) is 5.98. The van der Waals surface area contributed by atoms with E-state index in [-0.39, 0.29) is 41.6 Å². The van der Waals surface area contributed by atoms with Gasteiger partial charge in [0, 0.05) is 60.6 Å². The molecule has 0 spiro atoms. The Kier molecular flexibility index (Phi) is 8.38. The first kappa shape index (κ1) is 26.2. The van der Waals surface area contributed by atoms with Crippen LogP contribution < -0.4 is 4.90 Å². The number of carbonyl (C=O) groups excluding carboxylic acids is 1. The van der Waals surface area contributed by atoms with E-state index in [0.29, 0.717) is 10.5 Å². The van der Waals surface area contributed by atoms with Crippen LogP contribution in [0.4, 0.5) is 5.69 Å². The van der Waals surface area contributed by atoms with Gasteiger partial charge in [0.15, 0.2) is 14.9 Å². The summed E-state index contributed by atoms with van der Waals surface area (Å²) in [7, 11) is -1.91. The van der Waals surface area contributed by atoms with Crippen molar-refractivity contribution in [2.45, 2.75) is 37.3 Å². The second-order valence-electron chi connectivity index (χ2n) is 8.43. The largest absolute Gasteiger partial charge is 0.371 e. The van der Waals surface area contributed by atoms with E-state index >= 15 is 0 Å². The maximum absolute atomic E-state index is 12.8. The van der Waals surface area contributed by atoms with Gasteiger partial charge in [-0.05, 0) is 62.2 Å². The van der Waals surface area contributed by atoms with Crippen molar-refractivity contribution in [3.63, 3.8) is 0 Å². The van der Waals surface area contributed by atoms with Crippen LogP contribution in [0.1, 0.15) is 25.0 Å². The number of anilines is 1. The van der Waals surface area contributed by atoms with E-state index in [2.05, 4.69) is 20.9 Å². The Hall–Kier alpha value is -2.42. The molecule has 1 aromatic carbocycles. The average Bonchev–Trinajstić information content (AvgIpc) is 2.82. The normalized spacial score (nSPS) is 14.6. The molecule has 0 N–H and O–H groups in total. The van der Waals surface area contributed by atoms with Crippen molar-refractivity contribution in [1.29, 1.82) is 0 Å². The van der Waals surface area contributed by atoms with Gasteiger partial charge in [0.05, 0.1) is 11.3 Å². The molecular formula is C24H28Cl2N4O3S. The first-order valence-corrected chi connectivity index (χ1v) is 13.0. The summed E-state index contributed by atoms with van der Waals surface area (Å²) in [5.74, 6) is -0.429. The van der Waals surface area contributed by atoms with Crippen LogP contribution in [-0.2, 0) is 14.6 Å². The molecule has 0 unspecified atom stereocenters. The summed E-state index contributed by atoms with van der Waals surface area (Å²) in [6.07, 6.45) is 3.42. The number of sulfone groups is 1. The molecule has 34 heavy (non-hydrogen) atoms. The summed E-state index contributed by atoms with van der Waals surface area (Å²) in [5.41, 5.74) is 2.68. The summed E-state index contributed by atoms with van der Waals surface area (Å²) in [6, 6.07) is 12.4. The molecule has 4 rings (SSSR count).